The molecule has 4 aromatic rings. The zero-order valence-corrected chi connectivity index (χ0v) is 18.0. The largest absolute Gasteiger partial charge is 0.343 e. The van der Waals surface area contributed by atoms with E-state index in [1.807, 2.05) is 56.3 Å². The monoisotopic (exact) mass is 415 g/mol. The second-order valence-electron chi connectivity index (χ2n) is 7.73. The Bertz CT molecular complexity index is 1180. The molecule has 0 saturated heterocycles. The van der Waals surface area contributed by atoms with Gasteiger partial charge in [-0.2, -0.15) is 5.10 Å². The summed E-state index contributed by atoms with van der Waals surface area (Å²) in [7, 11) is 0. The number of para-hydroxylation sites is 1. The second kappa shape index (κ2) is 8.51. The highest BCUT2D eigenvalue weighted by molar-refractivity contribution is 5.90. The highest BCUT2D eigenvalue weighted by atomic mass is 16.2. The van der Waals surface area contributed by atoms with Gasteiger partial charge in [-0.25, -0.2) is 19.3 Å². The molecule has 31 heavy (non-hydrogen) atoms. The molecular weight excluding hydrogens is 390 g/mol. The summed E-state index contributed by atoms with van der Waals surface area (Å²) in [5, 5.41) is 11.6. The van der Waals surface area contributed by atoms with E-state index in [-0.39, 0.29) is 17.8 Å². The number of hydrogen-bond donors (Lipinski definition) is 1. The Morgan fingerprint density at radius 3 is 2.45 bits per heavy atom. The van der Waals surface area contributed by atoms with Crippen LogP contribution in [0.4, 0.5) is 0 Å². The molecule has 1 atom stereocenters. The number of aromatic nitrogens is 6. The van der Waals surface area contributed by atoms with Crippen LogP contribution in [0, 0.1) is 6.92 Å². The summed E-state index contributed by atoms with van der Waals surface area (Å²) < 4.78 is 3.42. The van der Waals surface area contributed by atoms with Crippen LogP contribution in [0.1, 0.15) is 60.3 Å². The van der Waals surface area contributed by atoms with Gasteiger partial charge in [0.2, 0.25) is 5.82 Å². The molecule has 0 radical (unpaired) electrons. The van der Waals surface area contributed by atoms with Gasteiger partial charge in [-0.05, 0) is 49.1 Å². The number of amides is 1. The third-order valence-electron chi connectivity index (χ3n) is 5.18. The average Bonchev–Trinajstić information content (AvgIpc) is 3.44. The Kier molecular flexibility index (Phi) is 5.62. The lowest BCUT2D eigenvalue weighted by atomic mass is 10.0. The Morgan fingerprint density at radius 2 is 1.77 bits per heavy atom. The van der Waals surface area contributed by atoms with Gasteiger partial charge in [0.1, 0.15) is 18.5 Å². The highest BCUT2D eigenvalue weighted by Gasteiger charge is 2.19. The first-order valence-electron chi connectivity index (χ1n) is 10.2. The fraction of sp³-hybridized carbons (Fsp3) is 0.261. The first kappa shape index (κ1) is 20.5. The maximum atomic E-state index is 12.8. The lowest BCUT2D eigenvalue weighted by molar-refractivity contribution is 0.0929. The lowest BCUT2D eigenvalue weighted by Crippen LogP contribution is -2.27. The number of rotatable bonds is 6. The Morgan fingerprint density at radius 1 is 1.03 bits per heavy atom. The minimum atomic E-state index is -0.309. The van der Waals surface area contributed by atoms with Gasteiger partial charge in [0.05, 0.1) is 17.4 Å². The van der Waals surface area contributed by atoms with Gasteiger partial charge in [-0.15, -0.1) is 5.10 Å². The van der Waals surface area contributed by atoms with Crippen LogP contribution in [0.25, 0.3) is 11.4 Å². The standard InChI is InChI=1S/C23H25N7O/c1-15(2)20-7-5-6-8-21(20)30-17(4)27-22(28-30)23(31)26-16(3)18-9-11-19(12-10-18)29-14-24-13-25-29/h5-16H,1-4H3,(H,26,31). The molecular formula is C23H25N7O. The van der Waals surface area contributed by atoms with E-state index >= 15 is 0 Å². The molecule has 1 unspecified atom stereocenters. The minimum absolute atomic E-state index is 0.155. The fourth-order valence-corrected chi connectivity index (χ4v) is 3.48. The van der Waals surface area contributed by atoms with Crippen molar-refractivity contribution in [1.29, 1.82) is 0 Å². The molecule has 158 valence electrons. The fourth-order valence-electron chi connectivity index (χ4n) is 3.48. The van der Waals surface area contributed by atoms with Crippen molar-refractivity contribution in [3.05, 3.63) is 84.0 Å². The number of benzene rings is 2. The van der Waals surface area contributed by atoms with Crippen molar-refractivity contribution < 1.29 is 4.79 Å². The number of nitrogens with zero attached hydrogens (tertiary/aromatic N) is 6. The zero-order valence-electron chi connectivity index (χ0n) is 18.0. The quantitative estimate of drug-likeness (QED) is 0.518. The topological polar surface area (TPSA) is 90.5 Å². The highest BCUT2D eigenvalue weighted by Crippen LogP contribution is 2.23. The van der Waals surface area contributed by atoms with Crippen LogP contribution in [-0.2, 0) is 0 Å². The molecule has 2 aromatic carbocycles. The van der Waals surface area contributed by atoms with Crippen LogP contribution < -0.4 is 5.32 Å². The van der Waals surface area contributed by atoms with Crippen molar-refractivity contribution in [2.45, 2.75) is 39.7 Å². The molecule has 0 saturated carbocycles. The molecule has 0 bridgehead atoms. The van der Waals surface area contributed by atoms with Crippen LogP contribution in [0.15, 0.2) is 61.2 Å². The summed E-state index contributed by atoms with van der Waals surface area (Å²) >= 11 is 0. The maximum absolute atomic E-state index is 12.8. The van der Waals surface area contributed by atoms with Gasteiger partial charge in [-0.1, -0.05) is 44.2 Å². The maximum Gasteiger partial charge on any atom is 0.291 e. The third-order valence-corrected chi connectivity index (χ3v) is 5.18. The van der Waals surface area contributed by atoms with Crippen LogP contribution in [0.5, 0.6) is 0 Å². The van der Waals surface area contributed by atoms with E-state index in [0.29, 0.717) is 11.7 Å². The van der Waals surface area contributed by atoms with Gasteiger partial charge in [0, 0.05) is 0 Å². The van der Waals surface area contributed by atoms with Crippen molar-refractivity contribution in [1.82, 2.24) is 34.8 Å². The Balaban J connectivity index is 1.51. The Hall–Kier alpha value is -3.81. The zero-order chi connectivity index (χ0) is 22.0. The summed E-state index contributed by atoms with van der Waals surface area (Å²) in [6, 6.07) is 15.6. The predicted octanol–water partition coefficient (Wildman–Crippen LogP) is 3.77. The number of carbonyl (C=O) groups excluding carboxylic acids is 1. The van der Waals surface area contributed by atoms with E-state index in [9.17, 15) is 4.79 Å². The smallest absolute Gasteiger partial charge is 0.291 e. The first-order chi connectivity index (χ1) is 14.9. The molecule has 0 aliphatic carbocycles. The van der Waals surface area contributed by atoms with Gasteiger partial charge < -0.3 is 5.32 Å². The van der Waals surface area contributed by atoms with Gasteiger partial charge in [-0.3, -0.25) is 4.79 Å². The van der Waals surface area contributed by atoms with Crippen molar-refractivity contribution in [2.24, 2.45) is 0 Å². The number of hydrogen-bond acceptors (Lipinski definition) is 5. The van der Waals surface area contributed by atoms with Gasteiger partial charge in [0.25, 0.3) is 5.91 Å². The van der Waals surface area contributed by atoms with Gasteiger partial charge >= 0.3 is 0 Å². The van der Waals surface area contributed by atoms with Crippen LogP contribution in [0.2, 0.25) is 0 Å². The molecule has 1 N–H and O–H groups in total. The van der Waals surface area contributed by atoms with E-state index in [0.717, 1.165) is 22.5 Å². The summed E-state index contributed by atoms with van der Waals surface area (Å²) in [5.74, 6) is 0.847. The molecule has 0 spiro atoms. The van der Waals surface area contributed by atoms with Crippen molar-refractivity contribution in [2.75, 3.05) is 0 Å². The third kappa shape index (κ3) is 4.23. The summed E-state index contributed by atoms with van der Waals surface area (Å²) in [6.07, 6.45) is 3.13. The lowest BCUT2D eigenvalue weighted by Gasteiger charge is -2.14. The normalized spacial score (nSPS) is 12.2. The average molecular weight is 416 g/mol. The molecule has 2 aromatic heterocycles. The van der Waals surface area contributed by atoms with E-state index in [4.69, 9.17) is 0 Å². The second-order valence-corrected chi connectivity index (χ2v) is 7.73. The molecule has 4 rings (SSSR count). The van der Waals surface area contributed by atoms with Gasteiger partial charge in [0.15, 0.2) is 0 Å². The van der Waals surface area contributed by atoms with E-state index in [1.165, 1.54) is 6.33 Å². The van der Waals surface area contributed by atoms with Crippen molar-refractivity contribution >= 4 is 5.91 Å². The predicted molar refractivity (Wildman–Crippen MR) is 117 cm³/mol. The summed E-state index contributed by atoms with van der Waals surface area (Å²) in [6.45, 7) is 8.05. The van der Waals surface area contributed by atoms with E-state index in [2.05, 4.69) is 45.4 Å². The molecule has 8 heteroatoms. The minimum Gasteiger partial charge on any atom is -0.343 e. The van der Waals surface area contributed by atoms with E-state index < -0.39 is 0 Å². The molecule has 2 heterocycles. The van der Waals surface area contributed by atoms with E-state index in [1.54, 1.807) is 15.7 Å². The number of nitrogens with one attached hydrogen (secondary N) is 1. The van der Waals surface area contributed by atoms with Crippen molar-refractivity contribution in [3.8, 4) is 11.4 Å². The molecule has 8 nitrogen and oxygen atoms in total. The SMILES string of the molecule is Cc1nc(C(=O)NC(C)c2ccc(-n3cncn3)cc2)nn1-c1ccccc1C(C)C. The number of carbonyl (C=O) groups is 1. The molecule has 0 aliphatic rings. The van der Waals surface area contributed by atoms with Crippen molar-refractivity contribution in [3.63, 3.8) is 0 Å². The Labute approximate surface area is 181 Å². The summed E-state index contributed by atoms with van der Waals surface area (Å²) in [4.78, 5) is 21.2. The molecule has 0 fully saturated rings. The molecule has 0 aliphatic heterocycles. The number of aryl methyl sites for hydroxylation is 1. The molecule has 1 amide bonds. The van der Waals surface area contributed by atoms with Crippen LogP contribution in [0.3, 0.4) is 0 Å². The van der Waals surface area contributed by atoms with Crippen LogP contribution in [-0.4, -0.2) is 35.4 Å². The first-order valence-corrected chi connectivity index (χ1v) is 10.2. The van der Waals surface area contributed by atoms with Crippen LogP contribution >= 0.6 is 0 Å². The summed E-state index contributed by atoms with van der Waals surface area (Å²) in [5.41, 5.74) is 3.97.